The van der Waals surface area contributed by atoms with Crippen molar-refractivity contribution in [3.63, 3.8) is 0 Å². The lowest BCUT2D eigenvalue weighted by Crippen LogP contribution is -2.49. The first-order valence-electron chi connectivity index (χ1n) is 19.5. The van der Waals surface area contributed by atoms with E-state index in [1.807, 2.05) is 0 Å². The monoisotopic (exact) mass is 974 g/mol. The standard InChI is InChI=1S/C21H34ClFN2O4Si.C20H32ClFN2O4Si.2H2S/c1-21(2,3)30(6,7)29-14-16(11-12-18(26)28-5)25(4)20(27)24-13-15-9-8-10-17(23)19(15)22;1-20(2,3)29(5,6)28-13-15(10-11-17(25)26)24(4)19(27)23-12-14-8-7-9-16(22)18(14)21;;/h8-10,16H,11-14H2,1-7H3,(H,24,27);7-9,15H,10-13H2,1-6H3,(H,23,27)(H,25,26);2*1H2/t16-;15-;;/m00../s1. The van der Waals surface area contributed by atoms with Crippen LogP contribution >= 0.6 is 50.2 Å². The highest BCUT2D eigenvalue weighted by molar-refractivity contribution is 7.59. The molecule has 61 heavy (non-hydrogen) atoms. The molecule has 4 amide bonds. The number of benzene rings is 2. The molecule has 0 heterocycles. The number of nitrogens with zero attached hydrogens (tertiary/aromatic N) is 2. The lowest BCUT2D eigenvalue weighted by Gasteiger charge is -2.38. The number of carbonyl (C=O) groups excluding carboxylic acids is 3. The van der Waals surface area contributed by atoms with E-state index in [1.165, 1.54) is 35.1 Å². The first-order chi connectivity index (χ1) is 27.1. The van der Waals surface area contributed by atoms with Crippen molar-refractivity contribution in [2.45, 2.75) is 129 Å². The molecule has 0 spiro atoms. The maximum Gasteiger partial charge on any atom is 0.317 e. The predicted molar refractivity (Wildman–Crippen MR) is 256 cm³/mol. The molecule has 0 saturated heterocycles. The molecule has 12 nitrogen and oxygen atoms in total. The number of amides is 4. The number of urea groups is 2. The number of likely N-dealkylation sites (N-methyl/N-ethyl adjacent to an activating group) is 2. The van der Waals surface area contributed by atoms with Gasteiger partial charge in [0.25, 0.3) is 0 Å². The number of aliphatic carboxylic acids is 1. The van der Waals surface area contributed by atoms with Crippen molar-refractivity contribution in [2.75, 3.05) is 34.4 Å². The summed E-state index contributed by atoms with van der Waals surface area (Å²) in [6.45, 7) is 22.0. The Hall–Kier alpha value is -2.59. The van der Waals surface area contributed by atoms with Crippen molar-refractivity contribution in [2.24, 2.45) is 0 Å². The highest BCUT2D eigenvalue weighted by atomic mass is 35.5. The molecule has 2 atom stereocenters. The quantitative estimate of drug-likeness (QED) is 0.0989. The van der Waals surface area contributed by atoms with Crippen LogP contribution in [0.15, 0.2) is 36.4 Å². The number of ether oxygens (including phenoxy) is 1. The fraction of sp³-hybridized carbons (Fsp3) is 0.610. The van der Waals surface area contributed by atoms with Crippen LogP contribution in [0, 0.1) is 11.6 Å². The fourth-order valence-electron chi connectivity index (χ4n) is 4.79. The third kappa shape index (κ3) is 20.2. The van der Waals surface area contributed by atoms with Crippen molar-refractivity contribution in [1.29, 1.82) is 0 Å². The van der Waals surface area contributed by atoms with E-state index in [4.69, 9.17) is 41.9 Å². The molecular weight excluding hydrogens is 906 g/mol. The summed E-state index contributed by atoms with van der Waals surface area (Å²) in [5.41, 5.74) is 0.954. The van der Waals surface area contributed by atoms with E-state index < -0.39 is 46.3 Å². The first kappa shape index (κ1) is 60.5. The summed E-state index contributed by atoms with van der Waals surface area (Å²) in [7, 11) is 0.504. The van der Waals surface area contributed by atoms with Crippen molar-refractivity contribution in [3.05, 3.63) is 69.2 Å². The Morgan fingerprint density at radius 1 is 0.705 bits per heavy atom. The van der Waals surface area contributed by atoms with Crippen molar-refractivity contribution in [3.8, 4) is 0 Å². The van der Waals surface area contributed by atoms with E-state index in [0.717, 1.165) is 0 Å². The number of carbonyl (C=O) groups is 4. The summed E-state index contributed by atoms with van der Waals surface area (Å²) in [5, 5.41) is 14.5. The third-order valence-corrected chi connectivity index (χ3v) is 21.0. The lowest BCUT2D eigenvalue weighted by molar-refractivity contribution is -0.141. The Labute approximate surface area is 388 Å². The SMILES string of the molecule is CN(C(=O)NCc1cccc(F)c1Cl)[C@@H](CCC(=O)O)CO[Si](C)(C)C(C)(C)C.COC(=O)CC[C@@H](CO[Si](C)(C)C(C)(C)C)N(C)C(=O)NCc1cccc(F)c1Cl.S.S. The van der Waals surface area contributed by atoms with Gasteiger partial charge in [0.05, 0.1) is 42.5 Å². The molecule has 2 aromatic carbocycles. The van der Waals surface area contributed by atoms with Gasteiger partial charge in [-0.3, -0.25) is 9.59 Å². The van der Waals surface area contributed by atoms with Crippen molar-refractivity contribution in [1.82, 2.24) is 20.4 Å². The first-order valence-corrected chi connectivity index (χ1v) is 26.1. The smallest absolute Gasteiger partial charge is 0.317 e. The number of nitrogens with one attached hydrogen (secondary N) is 2. The van der Waals surface area contributed by atoms with Crippen molar-refractivity contribution < 1.29 is 46.7 Å². The molecule has 20 heteroatoms. The Morgan fingerprint density at radius 2 is 1.05 bits per heavy atom. The van der Waals surface area contributed by atoms with Gasteiger partial charge < -0.3 is 39.1 Å². The zero-order valence-corrected chi connectivity index (χ0v) is 43.5. The molecular formula is C41H70Cl2F2N4O8S2Si2. The van der Waals surface area contributed by atoms with Crippen LogP contribution in [0.2, 0.25) is 46.3 Å². The summed E-state index contributed by atoms with van der Waals surface area (Å²) in [6.07, 6.45) is 0.786. The van der Waals surface area contributed by atoms with Gasteiger partial charge in [-0.1, -0.05) is 89.0 Å². The Balaban J connectivity index is 0. The molecule has 350 valence electrons. The average molecular weight is 976 g/mol. The minimum atomic E-state index is -2.05. The summed E-state index contributed by atoms with van der Waals surface area (Å²) >= 11 is 11.9. The molecule has 0 aliphatic rings. The molecule has 0 saturated carbocycles. The molecule has 0 aliphatic carbocycles. The van der Waals surface area contributed by atoms with E-state index in [2.05, 4.69) is 78.4 Å². The molecule has 0 fully saturated rings. The summed E-state index contributed by atoms with van der Waals surface area (Å²) in [5.74, 6) is -2.35. The maximum atomic E-state index is 13.6. The summed E-state index contributed by atoms with van der Waals surface area (Å²) in [4.78, 5) is 50.9. The number of hydrogen-bond acceptors (Lipinski definition) is 7. The number of methoxy groups -OCH3 is 1. The maximum absolute atomic E-state index is 13.6. The number of carboxylic acids is 1. The third-order valence-electron chi connectivity index (χ3n) is 11.1. The van der Waals surface area contributed by atoms with Gasteiger partial charge in [0.1, 0.15) is 11.6 Å². The van der Waals surface area contributed by atoms with Gasteiger partial charge in [0, 0.05) is 40.0 Å². The van der Waals surface area contributed by atoms with Gasteiger partial charge >= 0.3 is 24.0 Å². The molecule has 3 N–H and O–H groups in total. The van der Waals surface area contributed by atoms with Gasteiger partial charge in [-0.25, -0.2) is 18.4 Å². The molecule has 0 aromatic heterocycles. The van der Waals surface area contributed by atoms with Crippen LogP contribution in [0.25, 0.3) is 0 Å². The largest absolute Gasteiger partial charge is 0.481 e. The van der Waals surface area contributed by atoms with E-state index in [9.17, 15) is 28.0 Å². The lowest BCUT2D eigenvalue weighted by atomic mass is 10.1. The van der Waals surface area contributed by atoms with Crippen LogP contribution in [-0.2, 0) is 36.3 Å². The van der Waals surface area contributed by atoms with Crippen LogP contribution in [0.4, 0.5) is 18.4 Å². The van der Waals surface area contributed by atoms with Crippen LogP contribution < -0.4 is 10.6 Å². The van der Waals surface area contributed by atoms with Crippen LogP contribution in [0.3, 0.4) is 0 Å². The molecule has 2 aromatic rings. The number of hydrogen-bond donors (Lipinski definition) is 3. The number of rotatable bonds is 18. The van der Waals surface area contributed by atoms with Gasteiger partial charge in [0.15, 0.2) is 16.6 Å². The Kier molecular flexibility index (Phi) is 26.7. The normalized spacial score (nSPS) is 12.6. The summed E-state index contributed by atoms with van der Waals surface area (Å²) in [6, 6.07) is 7.39. The second kappa shape index (κ2) is 26.9. The van der Waals surface area contributed by atoms with Crippen molar-refractivity contribution >= 4 is 90.8 Å². The molecule has 0 bridgehead atoms. The van der Waals surface area contributed by atoms with Gasteiger partial charge in [-0.2, -0.15) is 27.0 Å². The average Bonchev–Trinajstić information content (AvgIpc) is 3.14. The highest BCUT2D eigenvalue weighted by Gasteiger charge is 2.39. The van der Waals surface area contributed by atoms with Crippen LogP contribution in [0.5, 0.6) is 0 Å². The molecule has 0 radical (unpaired) electrons. The van der Waals surface area contributed by atoms with Gasteiger partial charge in [-0.15, -0.1) is 0 Å². The van der Waals surface area contributed by atoms with Gasteiger partial charge in [-0.05, 0) is 72.4 Å². The number of esters is 1. The van der Waals surface area contributed by atoms with E-state index in [1.54, 1.807) is 32.3 Å². The molecule has 0 unspecified atom stereocenters. The minimum absolute atomic E-state index is 0. The topological polar surface area (TPSA) is 147 Å². The fourth-order valence-corrected chi connectivity index (χ4v) is 7.26. The van der Waals surface area contributed by atoms with E-state index in [-0.39, 0.29) is 104 Å². The number of halogens is 4. The van der Waals surface area contributed by atoms with E-state index >= 15 is 0 Å². The van der Waals surface area contributed by atoms with E-state index in [0.29, 0.717) is 24.2 Å². The molecule has 0 aliphatic heterocycles. The second-order valence-corrected chi connectivity index (χ2v) is 27.8. The number of carboxylic acid groups (broad SMARTS) is 1. The Bertz CT molecular complexity index is 1720. The second-order valence-electron chi connectivity index (χ2n) is 17.5. The summed E-state index contributed by atoms with van der Waals surface area (Å²) < 4.78 is 44.4. The Morgan fingerprint density at radius 3 is 1.36 bits per heavy atom. The highest BCUT2D eigenvalue weighted by Crippen LogP contribution is 2.38. The zero-order chi connectivity index (χ0) is 45.5. The molecule has 2 rings (SSSR count). The van der Waals surface area contributed by atoms with Crippen LogP contribution in [0.1, 0.15) is 78.4 Å². The minimum Gasteiger partial charge on any atom is -0.481 e. The van der Waals surface area contributed by atoms with Gasteiger partial charge in [0.2, 0.25) is 0 Å². The predicted octanol–water partition coefficient (Wildman–Crippen LogP) is 10.1. The van der Waals surface area contributed by atoms with Crippen LogP contribution in [-0.4, -0.2) is 102 Å². The zero-order valence-electron chi connectivity index (χ0n) is 38.0.